The van der Waals surface area contributed by atoms with Gasteiger partial charge in [-0.25, -0.2) is 13.1 Å². The van der Waals surface area contributed by atoms with E-state index in [1.54, 1.807) is 0 Å². The van der Waals surface area contributed by atoms with E-state index in [4.69, 9.17) is 5.73 Å². The number of rotatable bonds is 4. The Morgan fingerprint density at radius 3 is 2.70 bits per heavy atom. The Morgan fingerprint density at radius 1 is 1.35 bits per heavy atom. The first kappa shape index (κ1) is 15.3. The highest BCUT2D eigenvalue weighted by molar-refractivity contribution is 7.89. The van der Waals surface area contributed by atoms with E-state index in [1.165, 1.54) is 0 Å². The molecule has 1 aliphatic carbocycles. The molecule has 0 fully saturated rings. The van der Waals surface area contributed by atoms with Crippen LogP contribution in [0.2, 0.25) is 0 Å². The molecule has 20 heavy (non-hydrogen) atoms. The summed E-state index contributed by atoms with van der Waals surface area (Å²) in [5.74, 6) is 0.178. The van der Waals surface area contributed by atoms with Crippen molar-refractivity contribution in [3.8, 4) is 0 Å². The fraction of sp³-hybridized carbons (Fsp3) is 0.600. The number of benzene rings is 1. The number of nitrogens with one attached hydrogen (secondary N) is 1. The van der Waals surface area contributed by atoms with Gasteiger partial charge in [0, 0.05) is 11.7 Å². The third-order valence-corrected chi connectivity index (χ3v) is 5.07. The van der Waals surface area contributed by atoms with Crippen molar-refractivity contribution in [2.24, 2.45) is 5.41 Å². The summed E-state index contributed by atoms with van der Waals surface area (Å²) < 4.78 is 27.2. The van der Waals surface area contributed by atoms with E-state index in [0.29, 0.717) is 6.42 Å². The second-order valence-electron chi connectivity index (χ2n) is 6.80. The lowest BCUT2D eigenvalue weighted by Gasteiger charge is -2.20. The van der Waals surface area contributed by atoms with Gasteiger partial charge >= 0.3 is 0 Å². The molecule has 0 radical (unpaired) electrons. The Hall–Kier alpha value is -1.07. The van der Waals surface area contributed by atoms with E-state index in [1.807, 2.05) is 18.2 Å². The molecule has 0 saturated carbocycles. The minimum absolute atomic E-state index is 0.0246. The normalized spacial score (nSPS) is 19.1. The van der Waals surface area contributed by atoms with Crippen molar-refractivity contribution in [1.82, 2.24) is 4.72 Å². The maximum Gasteiger partial charge on any atom is 0.212 e. The summed E-state index contributed by atoms with van der Waals surface area (Å²) in [6.45, 7) is 6.16. The fourth-order valence-electron chi connectivity index (χ4n) is 2.48. The zero-order chi connectivity index (χ0) is 15.0. The minimum atomic E-state index is -3.23. The van der Waals surface area contributed by atoms with Crippen LogP contribution >= 0.6 is 0 Å². The van der Waals surface area contributed by atoms with Crippen LogP contribution in [0.3, 0.4) is 0 Å². The summed E-state index contributed by atoms with van der Waals surface area (Å²) >= 11 is 0. The monoisotopic (exact) mass is 296 g/mol. The highest BCUT2D eigenvalue weighted by Crippen LogP contribution is 2.33. The number of aryl methyl sites for hydroxylation is 1. The molecule has 0 saturated heterocycles. The third kappa shape index (κ3) is 3.96. The highest BCUT2D eigenvalue weighted by atomic mass is 32.2. The first-order chi connectivity index (χ1) is 9.16. The minimum Gasteiger partial charge on any atom is -0.399 e. The molecule has 4 nitrogen and oxygen atoms in total. The predicted octanol–water partition coefficient (Wildman–Crippen LogP) is 2.61. The molecule has 0 aliphatic heterocycles. The molecular weight excluding hydrogens is 272 g/mol. The zero-order valence-corrected chi connectivity index (χ0v) is 13.3. The van der Waals surface area contributed by atoms with Crippen LogP contribution in [-0.4, -0.2) is 14.2 Å². The van der Waals surface area contributed by atoms with Crippen LogP contribution in [0.4, 0.5) is 5.69 Å². The molecular formula is C15H24N2O2S. The Kier molecular flexibility index (Phi) is 4.12. The quantitative estimate of drug-likeness (QED) is 0.839. The van der Waals surface area contributed by atoms with E-state index in [-0.39, 0.29) is 17.2 Å². The lowest BCUT2D eigenvalue weighted by Crippen LogP contribution is -2.31. The van der Waals surface area contributed by atoms with Gasteiger partial charge in [-0.3, -0.25) is 0 Å². The third-order valence-electron chi connectivity index (χ3n) is 3.69. The SMILES string of the molecule is CC(C)(C)CCS(=O)(=O)NC1CCc2cc(N)ccc21. The number of hydrogen-bond donors (Lipinski definition) is 2. The average Bonchev–Trinajstić information content (AvgIpc) is 2.68. The fourth-order valence-corrected chi connectivity index (χ4v) is 4.15. The Morgan fingerprint density at radius 2 is 2.05 bits per heavy atom. The molecule has 5 heteroatoms. The maximum atomic E-state index is 12.2. The smallest absolute Gasteiger partial charge is 0.212 e. The maximum absolute atomic E-state index is 12.2. The van der Waals surface area contributed by atoms with Gasteiger partial charge in [-0.2, -0.15) is 0 Å². The molecule has 0 heterocycles. The molecule has 0 bridgehead atoms. The number of anilines is 1. The summed E-state index contributed by atoms with van der Waals surface area (Å²) in [5.41, 5.74) is 8.75. The van der Waals surface area contributed by atoms with Crippen molar-refractivity contribution >= 4 is 15.7 Å². The number of nitrogen functional groups attached to an aromatic ring is 1. The molecule has 1 atom stereocenters. The largest absolute Gasteiger partial charge is 0.399 e. The van der Waals surface area contributed by atoms with Crippen molar-refractivity contribution in [1.29, 1.82) is 0 Å². The summed E-state index contributed by atoms with van der Waals surface area (Å²) in [6.07, 6.45) is 2.35. The van der Waals surface area contributed by atoms with E-state index < -0.39 is 10.0 Å². The van der Waals surface area contributed by atoms with Crippen LogP contribution in [0.5, 0.6) is 0 Å². The van der Waals surface area contributed by atoms with E-state index in [2.05, 4.69) is 25.5 Å². The molecule has 0 spiro atoms. The van der Waals surface area contributed by atoms with E-state index in [0.717, 1.165) is 29.7 Å². The molecule has 0 aromatic heterocycles. The van der Waals surface area contributed by atoms with Gasteiger partial charge in [0.2, 0.25) is 10.0 Å². The van der Waals surface area contributed by atoms with Crippen molar-refractivity contribution < 1.29 is 8.42 Å². The number of hydrogen-bond acceptors (Lipinski definition) is 3. The first-order valence-corrected chi connectivity index (χ1v) is 8.70. The van der Waals surface area contributed by atoms with Crippen molar-refractivity contribution in [3.63, 3.8) is 0 Å². The summed E-state index contributed by atoms with van der Waals surface area (Å²) in [7, 11) is -3.23. The lowest BCUT2D eigenvalue weighted by molar-refractivity contribution is 0.395. The van der Waals surface area contributed by atoms with Crippen LogP contribution in [0.15, 0.2) is 18.2 Å². The second-order valence-corrected chi connectivity index (χ2v) is 8.67. The molecule has 1 aliphatic rings. The molecule has 0 amide bonds. The van der Waals surface area contributed by atoms with Crippen molar-refractivity contribution in [2.75, 3.05) is 11.5 Å². The Labute approximate surface area is 121 Å². The van der Waals surface area contributed by atoms with Gasteiger partial charge in [0.1, 0.15) is 0 Å². The van der Waals surface area contributed by atoms with Crippen LogP contribution in [0.25, 0.3) is 0 Å². The topological polar surface area (TPSA) is 72.2 Å². The highest BCUT2D eigenvalue weighted by Gasteiger charge is 2.27. The average molecular weight is 296 g/mol. The van der Waals surface area contributed by atoms with Crippen LogP contribution < -0.4 is 10.5 Å². The van der Waals surface area contributed by atoms with Crippen LogP contribution in [0.1, 0.15) is 50.8 Å². The standard InChI is InChI=1S/C15H24N2O2S/c1-15(2,3)8-9-20(18,19)17-14-7-4-11-10-12(16)5-6-13(11)14/h5-6,10,14,17H,4,7-9,16H2,1-3H3. The summed E-state index contributed by atoms with van der Waals surface area (Å²) in [5, 5.41) is 0. The Balaban J connectivity index is 2.05. The van der Waals surface area contributed by atoms with Crippen molar-refractivity contribution in [3.05, 3.63) is 29.3 Å². The molecule has 1 aromatic carbocycles. The number of fused-ring (bicyclic) bond motifs is 1. The van der Waals surface area contributed by atoms with Gasteiger partial charge in [-0.15, -0.1) is 0 Å². The van der Waals surface area contributed by atoms with E-state index >= 15 is 0 Å². The zero-order valence-electron chi connectivity index (χ0n) is 12.4. The van der Waals surface area contributed by atoms with Gasteiger partial charge in [-0.05, 0) is 47.9 Å². The molecule has 112 valence electrons. The van der Waals surface area contributed by atoms with Gasteiger partial charge in [0.05, 0.1) is 5.75 Å². The number of nitrogens with two attached hydrogens (primary N) is 1. The van der Waals surface area contributed by atoms with Crippen LogP contribution in [0, 0.1) is 5.41 Å². The molecule has 1 aromatic rings. The molecule has 3 N–H and O–H groups in total. The second kappa shape index (κ2) is 5.37. The molecule has 2 rings (SSSR count). The summed E-state index contributed by atoms with van der Waals surface area (Å²) in [4.78, 5) is 0. The summed E-state index contributed by atoms with van der Waals surface area (Å²) in [6, 6.07) is 5.61. The predicted molar refractivity (Wildman–Crippen MR) is 82.9 cm³/mol. The van der Waals surface area contributed by atoms with Gasteiger partial charge in [0.25, 0.3) is 0 Å². The number of sulfonamides is 1. The first-order valence-electron chi connectivity index (χ1n) is 7.05. The van der Waals surface area contributed by atoms with Gasteiger partial charge in [0.15, 0.2) is 0 Å². The van der Waals surface area contributed by atoms with Gasteiger partial charge < -0.3 is 5.73 Å². The lowest BCUT2D eigenvalue weighted by atomic mass is 9.94. The van der Waals surface area contributed by atoms with Gasteiger partial charge in [-0.1, -0.05) is 26.8 Å². The van der Waals surface area contributed by atoms with Crippen LogP contribution in [-0.2, 0) is 16.4 Å². The van der Waals surface area contributed by atoms with E-state index in [9.17, 15) is 8.42 Å². The Bertz CT molecular complexity index is 588. The molecule has 1 unspecified atom stereocenters. The van der Waals surface area contributed by atoms with Crippen molar-refractivity contribution in [2.45, 2.75) is 46.1 Å².